The first-order valence-corrected chi connectivity index (χ1v) is 12.3. The van der Waals surface area contributed by atoms with Gasteiger partial charge in [-0.2, -0.15) is 5.10 Å². The number of hydrogen-bond donors (Lipinski definition) is 1. The largest absolute Gasteiger partial charge is 0.460 e. The first kappa shape index (κ1) is 23.6. The highest BCUT2D eigenvalue weighted by molar-refractivity contribution is 6.32. The maximum Gasteiger partial charge on any atom is 0.270 e. The molecule has 0 fully saturated rings. The summed E-state index contributed by atoms with van der Waals surface area (Å²) in [5, 5.41) is 8.26. The van der Waals surface area contributed by atoms with Gasteiger partial charge in [0.05, 0.1) is 10.7 Å². The molecule has 3 aromatic carbocycles. The van der Waals surface area contributed by atoms with Gasteiger partial charge >= 0.3 is 0 Å². The maximum atomic E-state index is 13.4. The Bertz CT molecular complexity index is 1420. The van der Waals surface area contributed by atoms with E-state index in [-0.39, 0.29) is 11.8 Å². The first-order valence-electron chi connectivity index (χ1n) is 11.9. The van der Waals surface area contributed by atoms with Crippen LogP contribution in [0.3, 0.4) is 0 Å². The third-order valence-electron chi connectivity index (χ3n) is 6.14. The smallest absolute Gasteiger partial charge is 0.270 e. The number of carbonyl (C=O) groups is 1. The number of aryl methyl sites for hydroxylation is 1. The molecule has 0 saturated heterocycles. The first-order chi connectivity index (χ1) is 17.6. The summed E-state index contributed by atoms with van der Waals surface area (Å²) < 4.78 is 7.33. The highest BCUT2D eigenvalue weighted by atomic mass is 35.5. The number of furan rings is 1. The van der Waals surface area contributed by atoms with Crippen molar-refractivity contribution in [2.24, 2.45) is 0 Å². The lowest BCUT2D eigenvalue weighted by Gasteiger charge is -2.18. The monoisotopic (exact) mass is 495 g/mol. The molecule has 0 bridgehead atoms. The quantitative estimate of drug-likeness (QED) is 0.251. The fourth-order valence-electron chi connectivity index (χ4n) is 4.36. The van der Waals surface area contributed by atoms with Crippen molar-refractivity contribution in [2.75, 3.05) is 6.54 Å². The molecule has 0 spiro atoms. The molecule has 0 aliphatic carbocycles. The molecule has 0 aliphatic rings. The number of halogens is 1. The van der Waals surface area contributed by atoms with Crippen molar-refractivity contribution in [3.05, 3.63) is 131 Å². The van der Waals surface area contributed by atoms with Crippen LogP contribution in [0.4, 0.5) is 0 Å². The number of para-hydroxylation sites is 1. The van der Waals surface area contributed by atoms with Gasteiger partial charge < -0.3 is 9.73 Å². The molecule has 2 aromatic heterocycles. The predicted molar refractivity (Wildman–Crippen MR) is 143 cm³/mol. The zero-order valence-corrected chi connectivity index (χ0v) is 20.7. The molecule has 5 aromatic rings. The fraction of sp³-hybridized carbons (Fsp3) is 0.133. The Hall–Kier alpha value is -4.09. The van der Waals surface area contributed by atoms with E-state index in [4.69, 9.17) is 16.0 Å². The molecule has 1 N–H and O–H groups in total. The number of amides is 1. The highest BCUT2D eigenvalue weighted by Gasteiger charge is 2.21. The minimum atomic E-state index is -0.225. The molecule has 180 valence electrons. The second kappa shape index (κ2) is 10.7. The van der Waals surface area contributed by atoms with E-state index in [9.17, 15) is 4.79 Å². The lowest BCUT2D eigenvalue weighted by Crippen LogP contribution is -2.28. The van der Waals surface area contributed by atoms with Crippen LogP contribution in [-0.4, -0.2) is 22.2 Å². The number of benzene rings is 3. The minimum Gasteiger partial charge on any atom is -0.460 e. The maximum absolute atomic E-state index is 13.4. The van der Waals surface area contributed by atoms with Gasteiger partial charge in [0.2, 0.25) is 0 Å². The van der Waals surface area contributed by atoms with E-state index in [1.54, 1.807) is 16.8 Å². The van der Waals surface area contributed by atoms with E-state index >= 15 is 0 Å². The van der Waals surface area contributed by atoms with Crippen LogP contribution in [0.25, 0.3) is 17.1 Å². The summed E-state index contributed by atoms with van der Waals surface area (Å²) in [5.41, 5.74) is 4.03. The van der Waals surface area contributed by atoms with Gasteiger partial charge in [0.25, 0.3) is 5.91 Å². The lowest BCUT2D eigenvalue weighted by atomic mass is 9.88. The van der Waals surface area contributed by atoms with E-state index in [0.29, 0.717) is 34.4 Å². The average Bonchev–Trinajstić information content (AvgIpc) is 3.54. The number of nitrogens with one attached hydrogen (secondary N) is 1. The molecule has 0 saturated carbocycles. The van der Waals surface area contributed by atoms with E-state index in [1.807, 2.05) is 73.7 Å². The van der Waals surface area contributed by atoms with Gasteiger partial charge in [0.15, 0.2) is 5.76 Å². The van der Waals surface area contributed by atoms with Gasteiger partial charge in [-0.3, -0.25) is 4.79 Å². The molecule has 0 unspecified atom stereocenters. The van der Waals surface area contributed by atoms with Crippen LogP contribution >= 0.6 is 11.6 Å². The zero-order chi connectivity index (χ0) is 24.9. The van der Waals surface area contributed by atoms with Crippen molar-refractivity contribution in [2.45, 2.75) is 19.3 Å². The van der Waals surface area contributed by atoms with Crippen LogP contribution in [-0.2, 0) is 0 Å². The summed E-state index contributed by atoms with van der Waals surface area (Å²) in [6.07, 6.45) is 0.754. The molecule has 5 nitrogen and oxygen atoms in total. The molecule has 2 heterocycles. The summed E-state index contributed by atoms with van der Waals surface area (Å²) in [4.78, 5) is 13.4. The number of carbonyl (C=O) groups excluding carboxylic acids is 1. The minimum absolute atomic E-state index is 0.169. The molecule has 0 aliphatic heterocycles. The highest BCUT2D eigenvalue weighted by Crippen LogP contribution is 2.29. The van der Waals surface area contributed by atoms with E-state index in [2.05, 4.69) is 34.7 Å². The SMILES string of the molecule is Cc1ccc(-c2cc(C(=O)NCCC(c3ccccc3)c3ccccc3)n(-c3ccccc3Cl)n2)o1. The van der Waals surface area contributed by atoms with Gasteiger partial charge in [-0.25, -0.2) is 4.68 Å². The van der Waals surface area contributed by atoms with Gasteiger partial charge in [-0.15, -0.1) is 0 Å². The van der Waals surface area contributed by atoms with Gasteiger partial charge in [0, 0.05) is 18.5 Å². The van der Waals surface area contributed by atoms with Crippen molar-refractivity contribution in [3.63, 3.8) is 0 Å². The standard InChI is InChI=1S/C30H26ClN3O2/c1-21-16-17-29(36-21)26-20-28(34(33-26)27-15-9-8-14-25(27)31)30(35)32-19-18-24(22-10-4-2-5-11-22)23-12-6-3-7-13-23/h2-17,20,24H,18-19H2,1H3,(H,32,35). The van der Waals surface area contributed by atoms with Crippen molar-refractivity contribution in [1.82, 2.24) is 15.1 Å². The third kappa shape index (κ3) is 5.11. The van der Waals surface area contributed by atoms with Crippen LogP contribution in [0.15, 0.2) is 108 Å². The lowest BCUT2D eigenvalue weighted by molar-refractivity contribution is 0.0945. The van der Waals surface area contributed by atoms with E-state index in [0.717, 1.165) is 12.2 Å². The number of hydrogen-bond acceptors (Lipinski definition) is 3. The topological polar surface area (TPSA) is 60.1 Å². The molecule has 0 radical (unpaired) electrons. The number of rotatable bonds is 8. The van der Waals surface area contributed by atoms with Crippen molar-refractivity contribution < 1.29 is 9.21 Å². The molecule has 0 atom stereocenters. The fourth-order valence-corrected chi connectivity index (χ4v) is 4.58. The predicted octanol–water partition coefficient (Wildman–Crippen LogP) is 7.05. The molecular formula is C30H26ClN3O2. The number of aromatic nitrogens is 2. The normalized spacial score (nSPS) is 11.1. The van der Waals surface area contributed by atoms with Crippen LogP contribution in [0, 0.1) is 6.92 Å². The molecular weight excluding hydrogens is 470 g/mol. The Morgan fingerprint density at radius 3 is 2.17 bits per heavy atom. The van der Waals surface area contributed by atoms with Crippen molar-refractivity contribution in [1.29, 1.82) is 0 Å². The second-order valence-electron chi connectivity index (χ2n) is 8.61. The summed E-state index contributed by atoms with van der Waals surface area (Å²) in [6, 6.07) is 33.5. The van der Waals surface area contributed by atoms with Crippen molar-refractivity contribution >= 4 is 17.5 Å². The third-order valence-corrected chi connectivity index (χ3v) is 6.46. The van der Waals surface area contributed by atoms with Gasteiger partial charge in [-0.05, 0) is 48.7 Å². The zero-order valence-electron chi connectivity index (χ0n) is 19.9. The molecule has 6 heteroatoms. The Morgan fingerprint density at radius 1 is 0.917 bits per heavy atom. The van der Waals surface area contributed by atoms with Gasteiger partial charge in [0.1, 0.15) is 17.1 Å². The summed E-state index contributed by atoms with van der Waals surface area (Å²) in [5.74, 6) is 1.32. The summed E-state index contributed by atoms with van der Waals surface area (Å²) in [7, 11) is 0. The second-order valence-corrected chi connectivity index (χ2v) is 9.01. The van der Waals surface area contributed by atoms with Crippen LogP contribution in [0.1, 0.15) is 39.7 Å². The Morgan fingerprint density at radius 2 is 1.56 bits per heavy atom. The Balaban J connectivity index is 1.40. The van der Waals surface area contributed by atoms with Crippen LogP contribution in [0.2, 0.25) is 5.02 Å². The summed E-state index contributed by atoms with van der Waals surface area (Å²) in [6.45, 7) is 2.37. The Labute approximate surface area is 215 Å². The number of nitrogens with zero attached hydrogens (tertiary/aromatic N) is 2. The van der Waals surface area contributed by atoms with E-state index in [1.165, 1.54) is 11.1 Å². The van der Waals surface area contributed by atoms with Crippen LogP contribution < -0.4 is 5.32 Å². The molecule has 5 rings (SSSR count). The van der Waals surface area contributed by atoms with Crippen molar-refractivity contribution in [3.8, 4) is 17.1 Å². The van der Waals surface area contributed by atoms with Crippen LogP contribution in [0.5, 0.6) is 0 Å². The average molecular weight is 496 g/mol. The Kier molecular flexibility index (Phi) is 7.01. The van der Waals surface area contributed by atoms with E-state index < -0.39 is 0 Å². The van der Waals surface area contributed by atoms with Gasteiger partial charge in [-0.1, -0.05) is 84.4 Å². The summed E-state index contributed by atoms with van der Waals surface area (Å²) >= 11 is 6.46. The molecule has 1 amide bonds. The molecule has 36 heavy (non-hydrogen) atoms.